The van der Waals surface area contributed by atoms with Crippen LogP contribution >= 0.6 is 0 Å². The highest BCUT2D eigenvalue weighted by Gasteiger charge is 2.29. The third kappa shape index (κ3) is 9.00. The van der Waals surface area contributed by atoms with Crippen LogP contribution in [0.2, 0.25) is 0 Å². The molecule has 1 atom stereocenters. The zero-order chi connectivity index (χ0) is 15.1. The van der Waals surface area contributed by atoms with Crippen LogP contribution in [0, 0.1) is 0 Å². The van der Waals surface area contributed by atoms with Gasteiger partial charge in [0, 0.05) is 12.8 Å². The standard InChI is InChI=1S/C10H14F3NO5/c11-10(12,13)4-3-8(17)14-6(5-15)7(16)1-2-9(18)19/h6,15H,1-5H2,(H,14,17)(H,18,19). The van der Waals surface area contributed by atoms with Gasteiger partial charge in [-0.25, -0.2) is 0 Å². The van der Waals surface area contributed by atoms with Crippen molar-refractivity contribution in [3.8, 4) is 0 Å². The van der Waals surface area contributed by atoms with Crippen LogP contribution in [0.3, 0.4) is 0 Å². The minimum atomic E-state index is -4.49. The Morgan fingerprint density at radius 2 is 1.68 bits per heavy atom. The number of aliphatic hydroxyl groups is 1. The molecule has 0 fully saturated rings. The minimum Gasteiger partial charge on any atom is -0.481 e. The molecule has 6 nitrogen and oxygen atoms in total. The Hall–Kier alpha value is -1.64. The number of aliphatic carboxylic acids is 1. The lowest BCUT2D eigenvalue weighted by Crippen LogP contribution is -2.43. The van der Waals surface area contributed by atoms with Crippen LogP contribution in [0.15, 0.2) is 0 Å². The highest BCUT2D eigenvalue weighted by atomic mass is 19.4. The molecule has 0 saturated carbocycles. The molecule has 3 N–H and O–H groups in total. The van der Waals surface area contributed by atoms with Gasteiger partial charge >= 0.3 is 12.1 Å². The number of ketones is 1. The number of hydrogen-bond acceptors (Lipinski definition) is 4. The first kappa shape index (κ1) is 17.4. The van der Waals surface area contributed by atoms with Gasteiger partial charge in [-0.3, -0.25) is 14.4 Å². The summed E-state index contributed by atoms with van der Waals surface area (Å²) in [6.45, 7) is -0.795. The Bertz CT molecular complexity index is 343. The average Bonchev–Trinajstić information content (AvgIpc) is 2.29. The van der Waals surface area contributed by atoms with Crippen molar-refractivity contribution in [2.75, 3.05) is 6.61 Å². The van der Waals surface area contributed by atoms with Gasteiger partial charge in [0.25, 0.3) is 0 Å². The first-order valence-corrected chi connectivity index (χ1v) is 5.37. The maximum absolute atomic E-state index is 11.8. The molecule has 0 aromatic heterocycles. The zero-order valence-electron chi connectivity index (χ0n) is 9.87. The van der Waals surface area contributed by atoms with Gasteiger partial charge in [0.15, 0.2) is 5.78 Å². The summed E-state index contributed by atoms with van der Waals surface area (Å²) in [4.78, 5) is 32.7. The van der Waals surface area contributed by atoms with E-state index in [2.05, 4.69) is 0 Å². The van der Waals surface area contributed by atoms with Crippen LogP contribution in [-0.2, 0) is 14.4 Å². The highest BCUT2D eigenvalue weighted by Crippen LogP contribution is 2.21. The van der Waals surface area contributed by atoms with E-state index in [9.17, 15) is 27.6 Å². The second kappa shape index (κ2) is 7.72. The van der Waals surface area contributed by atoms with Crippen molar-refractivity contribution in [1.82, 2.24) is 5.32 Å². The van der Waals surface area contributed by atoms with E-state index >= 15 is 0 Å². The molecular formula is C10H14F3NO5. The highest BCUT2D eigenvalue weighted by molar-refractivity contribution is 5.90. The quantitative estimate of drug-likeness (QED) is 0.592. The third-order valence-corrected chi connectivity index (χ3v) is 2.13. The molecule has 0 rings (SSSR count). The minimum absolute atomic E-state index is 0.417. The van der Waals surface area contributed by atoms with Crippen LogP contribution in [0.1, 0.15) is 25.7 Å². The average molecular weight is 285 g/mol. The summed E-state index contributed by atoms with van der Waals surface area (Å²) in [5.74, 6) is -3.00. The smallest absolute Gasteiger partial charge is 0.389 e. The van der Waals surface area contributed by atoms with Gasteiger partial charge in [-0.2, -0.15) is 13.2 Å². The fraction of sp³-hybridized carbons (Fsp3) is 0.700. The topological polar surface area (TPSA) is 104 Å². The van der Waals surface area contributed by atoms with Gasteiger partial charge in [0.1, 0.15) is 6.04 Å². The number of hydrogen-bond donors (Lipinski definition) is 3. The van der Waals surface area contributed by atoms with Gasteiger partial charge in [0.2, 0.25) is 5.91 Å². The third-order valence-electron chi connectivity index (χ3n) is 2.13. The van der Waals surface area contributed by atoms with E-state index in [4.69, 9.17) is 10.2 Å². The molecule has 0 heterocycles. The SMILES string of the molecule is O=C(O)CCC(=O)C(CO)NC(=O)CCC(F)(F)F. The number of carbonyl (C=O) groups excluding carboxylic acids is 2. The molecule has 0 spiro atoms. The number of carbonyl (C=O) groups is 3. The number of aliphatic hydroxyl groups excluding tert-OH is 1. The molecular weight excluding hydrogens is 271 g/mol. The number of halogens is 3. The van der Waals surface area contributed by atoms with E-state index in [0.29, 0.717) is 0 Å². The molecule has 0 aromatic rings. The molecule has 0 aliphatic carbocycles. The van der Waals surface area contributed by atoms with E-state index in [0.717, 1.165) is 0 Å². The fourth-order valence-corrected chi connectivity index (χ4v) is 1.15. The van der Waals surface area contributed by atoms with Gasteiger partial charge in [0.05, 0.1) is 19.4 Å². The van der Waals surface area contributed by atoms with Crippen LogP contribution in [0.25, 0.3) is 0 Å². The number of nitrogens with one attached hydrogen (secondary N) is 1. The van der Waals surface area contributed by atoms with E-state index in [1.54, 1.807) is 0 Å². The fourth-order valence-electron chi connectivity index (χ4n) is 1.15. The van der Waals surface area contributed by atoms with Crippen molar-refractivity contribution in [3.05, 3.63) is 0 Å². The van der Waals surface area contributed by atoms with Crippen molar-refractivity contribution in [3.63, 3.8) is 0 Å². The number of rotatable bonds is 8. The van der Waals surface area contributed by atoms with Gasteiger partial charge in [-0.1, -0.05) is 0 Å². The molecule has 0 aliphatic heterocycles. The lowest BCUT2D eigenvalue weighted by atomic mass is 10.1. The van der Waals surface area contributed by atoms with E-state index in [1.165, 1.54) is 0 Å². The van der Waals surface area contributed by atoms with Crippen molar-refractivity contribution < 1.29 is 37.8 Å². The van der Waals surface area contributed by atoms with Gasteiger partial charge in [-0.15, -0.1) is 0 Å². The molecule has 9 heteroatoms. The number of amides is 1. The lowest BCUT2D eigenvalue weighted by Gasteiger charge is -2.15. The van der Waals surface area contributed by atoms with E-state index < -0.39 is 62.2 Å². The van der Waals surface area contributed by atoms with Crippen molar-refractivity contribution in [2.24, 2.45) is 0 Å². The molecule has 0 radical (unpaired) electrons. The molecule has 0 saturated heterocycles. The number of Topliss-reactive ketones (excluding diaryl/α,β-unsaturated/α-hetero) is 1. The predicted molar refractivity (Wildman–Crippen MR) is 56.2 cm³/mol. The van der Waals surface area contributed by atoms with Gasteiger partial charge in [-0.05, 0) is 0 Å². The molecule has 110 valence electrons. The summed E-state index contributed by atoms with van der Waals surface area (Å²) in [6, 6.07) is -1.37. The Labute approximate surface area is 106 Å². The summed E-state index contributed by atoms with van der Waals surface area (Å²) in [5.41, 5.74) is 0. The number of carboxylic acid groups (broad SMARTS) is 1. The maximum atomic E-state index is 11.8. The van der Waals surface area contributed by atoms with Crippen molar-refractivity contribution >= 4 is 17.7 Å². The lowest BCUT2D eigenvalue weighted by molar-refractivity contribution is -0.145. The molecule has 1 amide bonds. The Morgan fingerprint density at radius 1 is 1.11 bits per heavy atom. The van der Waals surface area contributed by atoms with Crippen molar-refractivity contribution in [2.45, 2.75) is 37.9 Å². The molecule has 19 heavy (non-hydrogen) atoms. The molecule has 0 aromatic carbocycles. The Morgan fingerprint density at radius 3 is 2.11 bits per heavy atom. The zero-order valence-corrected chi connectivity index (χ0v) is 9.87. The Balaban J connectivity index is 4.20. The first-order chi connectivity index (χ1) is 8.65. The van der Waals surface area contributed by atoms with Crippen LogP contribution in [-0.4, -0.2) is 46.7 Å². The van der Waals surface area contributed by atoms with E-state index in [-0.39, 0.29) is 0 Å². The number of alkyl halides is 3. The van der Waals surface area contributed by atoms with Gasteiger partial charge < -0.3 is 15.5 Å². The summed E-state index contributed by atoms with van der Waals surface area (Å²) < 4.78 is 35.5. The molecule has 1 unspecified atom stereocenters. The summed E-state index contributed by atoms with van der Waals surface area (Å²) >= 11 is 0. The van der Waals surface area contributed by atoms with Crippen molar-refractivity contribution in [1.29, 1.82) is 0 Å². The van der Waals surface area contributed by atoms with Crippen LogP contribution in [0.5, 0.6) is 0 Å². The summed E-state index contributed by atoms with van der Waals surface area (Å²) in [6.07, 6.45) is -7.57. The normalized spacial score (nSPS) is 12.8. The second-order valence-corrected chi connectivity index (χ2v) is 3.78. The maximum Gasteiger partial charge on any atom is 0.389 e. The molecule has 0 bridgehead atoms. The first-order valence-electron chi connectivity index (χ1n) is 5.37. The number of carboxylic acids is 1. The van der Waals surface area contributed by atoms with Crippen LogP contribution in [0.4, 0.5) is 13.2 Å². The summed E-state index contributed by atoms with van der Waals surface area (Å²) in [7, 11) is 0. The summed E-state index contributed by atoms with van der Waals surface area (Å²) in [5, 5.41) is 19.1. The monoisotopic (exact) mass is 285 g/mol. The van der Waals surface area contributed by atoms with Crippen LogP contribution < -0.4 is 5.32 Å². The predicted octanol–water partition coefficient (Wildman–Crippen LogP) is 0.240. The largest absolute Gasteiger partial charge is 0.481 e. The second-order valence-electron chi connectivity index (χ2n) is 3.78. The Kier molecular flexibility index (Phi) is 7.05. The van der Waals surface area contributed by atoms with E-state index in [1.807, 2.05) is 5.32 Å². The molecule has 0 aliphatic rings.